The summed E-state index contributed by atoms with van der Waals surface area (Å²) in [6.45, 7) is 6.03. The van der Waals surface area contributed by atoms with Crippen LogP contribution in [0.5, 0.6) is 0 Å². The summed E-state index contributed by atoms with van der Waals surface area (Å²) in [5.74, 6) is 0.976. The number of nitrogens with zero attached hydrogens (tertiary/aromatic N) is 5. The van der Waals surface area contributed by atoms with Crippen LogP contribution in [0.2, 0.25) is 10.0 Å². The van der Waals surface area contributed by atoms with Crippen molar-refractivity contribution < 1.29 is 13.2 Å². The molecule has 0 spiro atoms. The molecule has 2 fully saturated rings. The highest BCUT2D eigenvalue weighted by atomic mass is 35.5. The number of anilines is 1. The number of alkyl halides is 3. The first-order valence-corrected chi connectivity index (χ1v) is 11.4. The molecular formula is C21H22Cl2F3N7. The SMILES string of the molecule is CC(c1ccc(Cl)cc1Cl)n1nc(C(F)(F)F)c2ncc(N3CC(C4CNCCN4)C3)nc21. The van der Waals surface area contributed by atoms with E-state index in [1.54, 1.807) is 25.1 Å². The van der Waals surface area contributed by atoms with Crippen LogP contribution >= 0.6 is 23.2 Å². The minimum atomic E-state index is -4.66. The molecule has 2 saturated heterocycles. The Morgan fingerprint density at radius 2 is 1.97 bits per heavy atom. The Kier molecular flexibility index (Phi) is 5.88. The van der Waals surface area contributed by atoms with Crippen LogP contribution in [0.25, 0.3) is 11.2 Å². The zero-order chi connectivity index (χ0) is 23.3. The van der Waals surface area contributed by atoms with Gasteiger partial charge in [-0.25, -0.2) is 14.6 Å². The third-order valence-electron chi connectivity index (χ3n) is 6.31. The molecule has 2 aliphatic heterocycles. The first-order chi connectivity index (χ1) is 15.7. The molecule has 7 nitrogen and oxygen atoms in total. The van der Waals surface area contributed by atoms with Crippen LogP contribution < -0.4 is 15.5 Å². The number of benzene rings is 1. The van der Waals surface area contributed by atoms with Gasteiger partial charge in [-0.3, -0.25) is 0 Å². The van der Waals surface area contributed by atoms with E-state index in [-0.39, 0.29) is 11.2 Å². The lowest BCUT2D eigenvalue weighted by Gasteiger charge is -2.45. The molecule has 2 N–H and O–H groups in total. The smallest absolute Gasteiger partial charge is 0.354 e. The Hall–Kier alpha value is -2.14. The molecule has 0 saturated carbocycles. The highest BCUT2D eigenvalue weighted by Crippen LogP contribution is 2.37. The predicted octanol–water partition coefficient (Wildman–Crippen LogP) is 3.76. The maximum atomic E-state index is 13.7. The van der Waals surface area contributed by atoms with Crippen molar-refractivity contribution in [3.63, 3.8) is 0 Å². The zero-order valence-electron chi connectivity index (χ0n) is 17.7. The Balaban J connectivity index is 1.49. The van der Waals surface area contributed by atoms with Gasteiger partial charge < -0.3 is 15.5 Å². The molecule has 0 amide bonds. The third kappa shape index (κ3) is 4.25. The van der Waals surface area contributed by atoms with Gasteiger partial charge in [-0.05, 0) is 24.6 Å². The van der Waals surface area contributed by atoms with Crippen molar-refractivity contribution in [1.82, 2.24) is 30.4 Å². The quantitative estimate of drug-likeness (QED) is 0.569. The fourth-order valence-corrected chi connectivity index (χ4v) is 5.01. The molecule has 2 aliphatic rings. The lowest BCUT2D eigenvalue weighted by molar-refractivity contribution is -0.140. The van der Waals surface area contributed by atoms with Crippen molar-refractivity contribution in [2.75, 3.05) is 37.6 Å². The minimum Gasteiger partial charge on any atom is -0.354 e. The van der Waals surface area contributed by atoms with Gasteiger partial charge in [-0.2, -0.15) is 18.3 Å². The standard InChI is InChI=1S/C21H22Cl2F3N7/c1-11(14-3-2-13(22)6-15(14)23)33-20-18(19(31-33)21(24,25)26)29-8-17(30-20)32-9-12(10-32)16-7-27-4-5-28-16/h2-3,6,8,11-12,16,27-28H,4-5,7,9-10H2,1H3. The summed E-state index contributed by atoms with van der Waals surface area (Å²) < 4.78 is 42.4. The van der Waals surface area contributed by atoms with E-state index in [1.165, 1.54) is 10.9 Å². The number of nitrogens with one attached hydrogen (secondary N) is 2. The molecule has 0 bridgehead atoms. The van der Waals surface area contributed by atoms with E-state index in [1.807, 2.05) is 4.90 Å². The van der Waals surface area contributed by atoms with Gasteiger partial charge in [0, 0.05) is 54.7 Å². The average molecular weight is 500 g/mol. The van der Waals surface area contributed by atoms with Crippen LogP contribution in [-0.4, -0.2) is 58.5 Å². The Labute approximate surface area is 198 Å². The second-order valence-electron chi connectivity index (χ2n) is 8.46. The van der Waals surface area contributed by atoms with Gasteiger partial charge in [-0.15, -0.1) is 0 Å². The molecule has 176 valence electrons. The average Bonchev–Trinajstić information content (AvgIpc) is 3.12. The van der Waals surface area contributed by atoms with Crippen LogP contribution in [-0.2, 0) is 6.18 Å². The van der Waals surface area contributed by atoms with Crippen LogP contribution in [0.15, 0.2) is 24.4 Å². The fourth-order valence-electron chi connectivity index (χ4n) is 4.45. The molecule has 12 heteroatoms. The molecule has 0 radical (unpaired) electrons. The van der Waals surface area contributed by atoms with Gasteiger partial charge in [0.15, 0.2) is 11.3 Å². The fraction of sp³-hybridized carbons (Fsp3) is 0.476. The summed E-state index contributed by atoms with van der Waals surface area (Å²) in [5.41, 5.74) is -0.684. The molecule has 33 heavy (non-hydrogen) atoms. The number of aromatic nitrogens is 4. The van der Waals surface area contributed by atoms with Gasteiger partial charge in [0.05, 0.1) is 12.2 Å². The Morgan fingerprint density at radius 1 is 1.18 bits per heavy atom. The minimum absolute atomic E-state index is 0.0687. The predicted molar refractivity (Wildman–Crippen MR) is 121 cm³/mol. The molecular weight excluding hydrogens is 478 g/mol. The van der Waals surface area contributed by atoms with E-state index in [4.69, 9.17) is 23.2 Å². The van der Waals surface area contributed by atoms with Crippen molar-refractivity contribution in [3.8, 4) is 0 Å². The Bertz CT molecular complexity index is 1170. The zero-order valence-corrected chi connectivity index (χ0v) is 19.2. The molecule has 0 aliphatic carbocycles. The number of piperazine rings is 1. The summed E-state index contributed by atoms with van der Waals surface area (Å²) >= 11 is 12.3. The van der Waals surface area contributed by atoms with Crippen LogP contribution in [0.3, 0.4) is 0 Å². The lowest BCUT2D eigenvalue weighted by Crippen LogP contribution is -2.61. The van der Waals surface area contributed by atoms with Crippen LogP contribution in [0.4, 0.5) is 19.0 Å². The summed E-state index contributed by atoms with van der Waals surface area (Å²) in [6.07, 6.45) is -3.27. The van der Waals surface area contributed by atoms with E-state index in [2.05, 4.69) is 25.7 Å². The summed E-state index contributed by atoms with van der Waals surface area (Å²) in [6, 6.07) is 4.64. The first-order valence-electron chi connectivity index (χ1n) is 10.7. The van der Waals surface area contributed by atoms with E-state index < -0.39 is 17.9 Å². The summed E-state index contributed by atoms with van der Waals surface area (Å²) in [7, 11) is 0. The van der Waals surface area contributed by atoms with Gasteiger partial charge in [0.2, 0.25) is 0 Å². The lowest BCUT2D eigenvalue weighted by atomic mass is 9.90. The molecule has 2 aromatic heterocycles. The highest BCUT2D eigenvalue weighted by Gasteiger charge is 2.40. The largest absolute Gasteiger partial charge is 0.437 e. The third-order valence-corrected chi connectivity index (χ3v) is 6.88. The van der Waals surface area contributed by atoms with Crippen molar-refractivity contribution in [1.29, 1.82) is 0 Å². The summed E-state index contributed by atoms with van der Waals surface area (Å²) in [5, 5.41) is 11.5. The Morgan fingerprint density at radius 3 is 2.64 bits per heavy atom. The molecule has 4 heterocycles. The number of hydrogen-bond acceptors (Lipinski definition) is 6. The van der Waals surface area contributed by atoms with Gasteiger partial charge >= 0.3 is 6.18 Å². The second-order valence-corrected chi connectivity index (χ2v) is 9.31. The molecule has 2 unspecified atom stereocenters. The maximum Gasteiger partial charge on any atom is 0.437 e. The van der Waals surface area contributed by atoms with Crippen LogP contribution in [0, 0.1) is 5.92 Å². The van der Waals surface area contributed by atoms with E-state index >= 15 is 0 Å². The van der Waals surface area contributed by atoms with Gasteiger partial charge in [0.1, 0.15) is 11.3 Å². The topological polar surface area (TPSA) is 70.9 Å². The monoisotopic (exact) mass is 499 g/mol. The van der Waals surface area contributed by atoms with E-state index in [9.17, 15) is 13.2 Å². The normalized spacial score (nSPS) is 20.8. The van der Waals surface area contributed by atoms with Crippen LogP contribution in [0.1, 0.15) is 24.2 Å². The van der Waals surface area contributed by atoms with Crippen molar-refractivity contribution in [2.45, 2.75) is 25.2 Å². The van der Waals surface area contributed by atoms with Gasteiger partial charge in [0.25, 0.3) is 0 Å². The number of halogens is 5. The molecule has 1 aromatic carbocycles. The maximum absolute atomic E-state index is 13.7. The van der Waals surface area contributed by atoms with E-state index in [0.29, 0.717) is 33.4 Å². The van der Waals surface area contributed by atoms with Crippen molar-refractivity contribution in [2.24, 2.45) is 5.92 Å². The number of hydrogen-bond donors (Lipinski definition) is 2. The first kappa shape index (κ1) is 22.6. The van der Waals surface area contributed by atoms with Crippen molar-refractivity contribution >= 4 is 40.2 Å². The van der Waals surface area contributed by atoms with Crippen molar-refractivity contribution in [3.05, 3.63) is 45.7 Å². The van der Waals surface area contributed by atoms with Gasteiger partial charge in [-0.1, -0.05) is 29.3 Å². The number of rotatable bonds is 4. The number of fused-ring (bicyclic) bond motifs is 1. The molecule has 5 rings (SSSR count). The molecule has 3 aromatic rings. The molecule has 2 atom stereocenters. The summed E-state index contributed by atoms with van der Waals surface area (Å²) in [4.78, 5) is 10.7. The van der Waals surface area contributed by atoms with E-state index in [0.717, 1.165) is 32.7 Å². The second kappa shape index (κ2) is 8.57. The highest BCUT2D eigenvalue weighted by molar-refractivity contribution is 6.35.